The Morgan fingerprint density at radius 2 is 2.08 bits per heavy atom. The Morgan fingerprint density at radius 1 is 1.50 bits per heavy atom. The van der Waals surface area contributed by atoms with E-state index in [4.69, 9.17) is 15.3 Å². The Balaban J connectivity index is 4.31. The first kappa shape index (κ1) is 11.3. The van der Waals surface area contributed by atoms with Gasteiger partial charge in [0, 0.05) is 5.57 Å². The van der Waals surface area contributed by atoms with Crippen molar-refractivity contribution in [3.8, 4) is 0 Å². The third-order valence-corrected chi connectivity index (χ3v) is 1.51. The van der Waals surface area contributed by atoms with Gasteiger partial charge < -0.3 is 15.3 Å². The number of rotatable bonds is 5. The molecule has 70 valence electrons. The van der Waals surface area contributed by atoms with Gasteiger partial charge in [-0.3, -0.25) is 4.79 Å². The van der Waals surface area contributed by atoms with Crippen molar-refractivity contribution in [2.45, 2.75) is 19.4 Å². The molecule has 1 atom stereocenters. The Kier molecular flexibility index (Phi) is 5.53. The first-order valence-corrected chi connectivity index (χ1v) is 3.80. The van der Waals surface area contributed by atoms with Crippen molar-refractivity contribution < 1.29 is 20.1 Å². The normalized spacial score (nSPS) is 14.5. The van der Waals surface area contributed by atoms with E-state index in [0.29, 0.717) is 6.42 Å². The van der Waals surface area contributed by atoms with Gasteiger partial charge in [0.15, 0.2) is 5.78 Å². The lowest BCUT2D eigenvalue weighted by Crippen LogP contribution is -2.23. The van der Waals surface area contributed by atoms with Crippen LogP contribution in [0.25, 0.3) is 0 Å². The molecule has 0 fully saturated rings. The highest BCUT2D eigenvalue weighted by Gasteiger charge is 2.16. The summed E-state index contributed by atoms with van der Waals surface area (Å²) in [5.74, 6) is -0.519. The van der Waals surface area contributed by atoms with E-state index < -0.39 is 18.5 Å². The monoisotopic (exact) mass is 174 g/mol. The molecule has 1 unspecified atom stereocenters. The molecule has 0 spiro atoms. The fourth-order valence-corrected chi connectivity index (χ4v) is 0.753. The molecule has 0 aliphatic carbocycles. The van der Waals surface area contributed by atoms with Crippen LogP contribution in [0.3, 0.4) is 0 Å². The summed E-state index contributed by atoms with van der Waals surface area (Å²) in [6.07, 6.45) is 0.429. The molecule has 12 heavy (non-hydrogen) atoms. The van der Waals surface area contributed by atoms with E-state index in [9.17, 15) is 4.79 Å². The van der Waals surface area contributed by atoms with Crippen molar-refractivity contribution in [2.24, 2.45) is 0 Å². The summed E-state index contributed by atoms with van der Waals surface area (Å²) in [6, 6.07) is 0. The fraction of sp³-hybridized carbons (Fsp3) is 0.625. The minimum Gasteiger partial charge on any atom is -0.392 e. The molecular weight excluding hydrogens is 160 g/mol. The second-order valence-corrected chi connectivity index (χ2v) is 2.36. The Labute approximate surface area is 71.1 Å². The van der Waals surface area contributed by atoms with Crippen LogP contribution >= 0.6 is 0 Å². The molecule has 0 saturated heterocycles. The van der Waals surface area contributed by atoms with E-state index in [2.05, 4.69) is 0 Å². The zero-order chi connectivity index (χ0) is 9.56. The maximum absolute atomic E-state index is 11.1. The number of carbonyl (C=O) groups excluding carboxylic acids is 1. The van der Waals surface area contributed by atoms with E-state index in [1.807, 2.05) is 0 Å². The maximum Gasteiger partial charge on any atom is 0.189 e. The lowest BCUT2D eigenvalue weighted by Gasteiger charge is -2.07. The van der Waals surface area contributed by atoms with Crippen LogP contribution in [-0.4, -0.2) is 40.4 Å². The highest BCUT2D eigenvalue weighted by molar-refractivity contribution is 5.98. The molecule has 0 heterocycles. The van der Waals surface area contributed by atoms with Crippen LogP contribution in [0.5, 0.6) is 0 Å². The summed E-state index contributed by atoms with van der Waals surface area (Å²) >= 11 is 0. The van der Waals surface area contributed by atoms with Crippen LogP contribution in [0.1, 0.15) is 13.3 Å². The molecule has 0 rings (SSSR count). The highest BCUT2D eigenvalue weighted by atomic mass is 16.3. The molecule has 3 N–H and O–H groups in total. The Bertz CT molecular complexity index is 174. The van der Waals surface area contributed by atoms with E-state index >= 15 is 0 Å². The number of ketones is 1. The molecule has 0 bridgehead atoms. The van der Waals surface area contributed by atoms with Crippen LogP contribution < -0.4 is 0 Å². The number of hydrogen-bond acceptors (Lipinski definition) is 4. The zero-order valence-corrected chi connectivity index (χ0v) is 7.03. The van der Waals surface area contributed by atoms with E-state index in [1.165, 1.54) is 6.08 Å². The number of Topliss-reactive ketones (excluding diaryl/α,β-unsaturated/α-hetero) is 1. The van der Waals surface area contributed by atoms with Gasteiger partial charge in [-0.15, -0.1) is 0 Å². The quantitative estimate of drug-likeness (QED) is 0.479. The standard InChI is InChI=1S/C8H14O4/c1-2-7(11)8(12)6(5-10)3-4-9/h3,7,9-11H,2,4-5H2,1H3. The summed E-state index contributed by atoms with van der Waals surface area (Å²) in [5.41, 5.74) is 0.0619. The Hall–Kier alpha value is -0.710. The van der Waals surface area contributed by atoms with Crippen LogP contribution in [0.4, 0.5) is 0 Å². The van der Waals surface area contributed by atoms with Crippen LogP contribution in [0.15, 0.2) is 11.6 Å². The molecule has 0 aromatic carbocycles. The smallest absolute Gasteiger partial charge is 0.189 e. The van der Waals surface area contributed by atoms with Gasteiger partial charge in [0.1, 0.15) is 6.10 Å². The minimum absolute atomic E-state index is 0.0619. The second kappa shape index (κ2) is 5.88. The number of aliphatic hydroxyl groups is 3. The van der Waals surface area contributed by atoms with Crippen molar-refractivity contribution in [1.82, 2.24) is 0 Å². The topological polar surface area (TPSA) is 77.8 Å². The van der Waals surface area contributed by atoms with Crippen molar-refractivity contribution in [3.05, 3.63) is 11.6 Å². The summed E-state index contributed by atoms with van der Waals surface area (Å²) in [6.45, 7) is 0.908. The molecule has 4 nitrogen and oxygen atoms in total. The predicted octanol–water partition coefficient (Wildman–Crippen LogP) is -0.763. The van der Waals surface area contributed by atoms with Gasteiger partial charge in [-0.05, 0) is 6.42 Å². The predicted molar refractivity (Wildman–Crippen MR) is 43.6 cm³/mol. The summed E-state index contributed by atoms with van der Waals surface area (Å²) in [4.78, 5) is 11.1. The van der Waals surface area contributed by atoms with E-state index in [1.54, 1.807) is 6.92 Å². The average Bonchev–Trinajstić information content (AvgIpc) is 2.11. The van der Waals surface area contributed by atoms with Gasteiger partial charge in [-0.1, -0.05) is 13.0 Å². The van der Waals surface area contributed by atoms with Crippen LogP contribution in [0, 0.1) is 0 Å². The van der Waals surface area contributed by atoms with Gasteiger partial charge in [-0.25, -0.2) is 0 Å². The lowest BCUT2D eigenvalue weighted by molar-refractivity contribution is -0.123. The third-order valence-electron chi connectivity index (χ3n) is 1.51. The molecule has 0 aliphatic heterocycles. The first-order valence-electron chi connectivity index (χ1n) is 3.80. The number of carbonyl (C=O) groups is 1. The third kappa shape index (κ3) is 3.13. The van der Waals surface area contributed by atoms with E-state index in [-0.39, 0.29) is 12.2 Å². The van der Waals surface area contributed by atoms with Crippen molar-refractivity contribution in [1.29, 1.82) is 0 Å². The molecule has 4 heteroatoms. The fourth-order valence-electron chi connectivity index (χ4n) is 0.753. The van der Waals surface area contributed by atoms with E-state index in [0.717, 1.165) is 0 Å². The summed E-state index contributed by atoms with van der Waals surface area (Å²) in [7, 11) is 0. The maximum atomic E-state index is 11.1. The van der Waals surface area contributed by atoms with Gasteiger partial charge in [0.2, 0.25) is 0 Å². The average molecular weight is 174 g/mol. The van der Waals surface area contributed by atoms with Crippen molar-refractivity contribution in [2.75, 3.05) is 13.2 Å². The lowest BCUT2D eigenvalue weighted by atomic mass is 10.1. The molecule has 0 amide bonds. The van der Waals surface area contributed by atoms with Gasteiger partial charge in [0.25, 0.3) is 0 Å². The largest absolute Gasteiger partial charge is 0.392 e. The van der Waals surface area contributed by atoms with Gasteiger partial charge >= 0.3 is 0 Å². The molecule has 0 aliphatic rings. The van der Waals surface area contributed by atoms with Crippen LogP contribution in [0.2, 0.25) is 0 Å². The minimum atomic E-state index is -1.07. The highest BCUT2D eigenvalue weighted by Crippen LogP contribution is 2.02. The second-order valence-electron chi connectivity index (χ2n) is 2.36. The van der Waals surface area contributed by atoms with Gasteiger partial charge in [-0.2, -0.15) is 0 Å². The van der Waals surface area contributed by atoms with Crippen molar-refractivity contribution >= 4 is 5.78 Å². The number of hydrogen-bond donors (Lipinski definition) is 3. The SMILES string of the molecule is CCC(O)C(=O)C(=CCO)CO. The molecule has 0 aromatic rings. The Morgan fingerprint density at radius 3 is 2.42 bits per heavy atom. The molecule has 0 radical (unpaired) electrons. The number of aliphatic hydroxyl groups excluding tert-OH is 3. The molecule has 0 saturated carbocycles. The first-order chi connectivity index (χ1) is 5.67. The molecule has 0 aromatic heterocycles. The van der Waals surface area contributed by atoms with Crippen molar-refractivity contribution in [3.63, 3.8) is 0 Å². The summed E-state index contributed by atoms with van der Waals surface area (Å²) in [5, 5.41) is 26.2. The zero-order valence-electron chi connectivity index (χ0n) is 7.03. The van der Waals surface area contributed by atoms with Gasteiger partial charge in [0.05, 0.1) is 13.2 Å². The van der Waals surface area contributed by atoms with Crippen LogP contribution in [-0.2, 0) is 4.79 Å². The molecular formula is C8H14O4. The summed E-state index contributed by atoms with van der Waals surface area (Å²) < 4.78 is 0.